The Morgan fingerprint density at radius 1 is 0.744 bits per heavy atom. The van der Waals surface area contributed by atoms with Gasteiger partial charge in [-0.15, -0.1) is 0 Å². The molecule has 0 rings (SSSR count). The van der Waals surface area contributed by atoms with Crippen LogP contribution in [0.2, 0.25) is 0 Å². The highest BCUT2D eigenvalue weighted by molar-refractivity contribution is 7.47. The van der Waals surface area contributed by atoms with E-state index in [1.165, 1.54) is 25.7 Å². The first-order valence-corrected chi connectivity index (χ1v) is 17.6. The van der Waals surface area contributed by atoms with Gasteiger partial charge in [-0.2, -0.15) is 0 Å². The van der Waals surface area contributed by atoms with Crippen LogP contribution in [0.3, 0.4) is 0 Å². The summed E-state index contributed by atoms with van der Waals surface area (Å²) in [5, 5.41) is 12.5. The largest absolute Gasteiger partial charge is 0.472 e. The zero-order chi connectivity index (χ0) is 31.9. The Morgan fingerprint density at radius 2 is 1.33 bits per heavy atom. The number of hydrogen-bond donors (Lipinski definition) is 3. The van der Waals surface area contributed by atoms with Gasteiger partial charge in [-0.05, 0) is 51.4 Å². The maximum Gasteiger partial charge on any atom is 0.472 e. The van der Waals surface area contributed by atoms with E-state index in [2.05, 4.69) is 67.8 Å². The predicted molar refractivity (Wildman–Crippen MR) is 173 cm³/mol. The summed E-state index contributed by atoms with van der Waals surface area (Å²) >= 11 is 0. The minimum Gasteiger partial charge on any atom is -0.463 e. The Bertz CT molecular complexity index is 856. The van der Waals surface area contributed by atoms with Gasteiger partial charge in [0, 0.05) is 19.4 Å². The summed E-state index contributed by atoms with van der Waals surface area (Å²) in [6, 6.07) is 0. The van der Waals surface area contributed by atoms with Crippen molar-refractivity contribution in [2.24, 2.45) is 0 Å². The Morgan fingerprint density at radius 3 is 1.98 bits per heavy atom. The Balaban J connectivity index is 3.75. The van der Waals surface area contributed by atoms with Crippen molar-refractivity contribution in [2.75, 3.05) is 26.4 Å². The van der Waals surface area contributed by atoms with E-state index >= 15 is 0 Å². The van der Waals surface area contributed by atoms with E-state index in [4.69, 9.17) is 13.8 Å². The van der Waals surface area contributed by atoms with Crippen molar-refractivity contribution >= 4 is 19.7 Å². The molecule has 43 heavy (non-hydrogen) atoms. The van der Waals surface area contributed by atoms with E-state index in [0.717, 1.165) is 57.8 Å². The molecular formula is C33H58NO8P. The summed E-state index contributed by atoms with van der Waals surface area (Å²) in [6.45, 7) is 3.30. The number of rotatable bonds is 29. The van der Waals surface area contributed by atoms with Gasteiger partial charge in [-0.3, -0.25) is 18.6 Å². The molecule has 0 heterocycles. The van der Waals surface area contributed by atoms with Crippen molar-refractivity contribution in [3.8, 4) is 0 Å². The van der Waals surface area contributed by atoms with Crippen molar-refractivity contribution in [3.63, 3.8) is 0 Å². The molecule has 0 aliphatic heterocycles. The third-order valence-corrected chi connectivity index (χ3v) is 7.26. The first-order chi connectivity index (χ1) is 20.8. The van der Waals surface area contributed by atoms with Gasteiger partial charge in [0.1, 0.15) is 12.7 Å². The van der Waals surface area contributed by atoms with Gasteiger partial charge in [0.15, 0.2) is 0 Å². The second-order valence-corrected chi connectivity index (χ2v) is 11.9. The van der Waals surface area contributed by atoms with Crippen LogP contribution in [0.5, 0.6) is 0 Å². The van der Waals surface area contributed by atoms with Crippen LogP contribution in [-0.4, -0.2) is 54.3 Å². The van der Waals surface area contributed by atoms with Gasteiger partial charge in [-0.1, -0.05) is 101 Å². The highest BCUT2D eigenvalue weighted by Crippen LogP contribution is 2.42. The number of hydrogen-bond acceptors (Lipinski definition) is 7. The molecule has 0 fully saturated rings. The molecular weight excluding hydrogens is 569 g/mol. The number of unbranched alkanes of at least 4 members (excludes halogenated alkanes) is 8. The van der Waals surface area contributed by atoms with Crippen molar-refractivity contribution in [2.45, 2.75) is 123 Å². The minimum absolute atomic E-state index is 0.0751. The molecule has 10 heteroatoms. The zero-order valence-electron chi connectivity index (χ0n) is 26.6. The highest BCUT2D eigenvalue weighted by atomic mass is 31.2. The lowest BCUT2D eigenvalue weighted by Crippen LogP contribution is -2.27. The monoisotopic (exact) mass is 627 g/mol. The summed E-state index contributed by atoms with van der Waals surface area (Å²) in [4.78, 5) is 33.4. The molecule has 1 amide bonds. The molecule has 9 nitrogen and oxygen atoms in total. The number of aliphatic hydroxyl groups is 1. The summed E-state index contributed by atoms with van der Waals surface area (Å²) in [5.41, 5.74) is 0. The highest BCUT2D eigenvalue weighted by Gasteiger charge is 2.23. The quantitative estimate of drug-likeness (QED) is 0.0334. The normalized spacial score (nSPS) is 14.2. The summed E-state index contributed by atoms with van der Waals surface area (Å²) in [5.74, 6) is -0.572. The number of carbonyl (C=O) groups is 2. The van der Waals surface area contributed by atoms with E-state index in [-0.39, 0.29) is 32.1 Å². The molecule has 2 unspecified atom stereocenters. The van der Waals surface area contributed by atoms with Crippen molar-refractivity contribution in [1.29, 1.82) is 0 Å². The van der Waals surface area contributed by atoms with E-state index < -0.39 is 26.5 Å². The molecule has 0 bridgehead atoms. The van der Waals surface area contributed by atoms with Crippen molar-refractivity contribution < 1.29 is 37.9 Å². The number of nitrogens with one attached hydrogen (secondary N) is 1. The van der Waals surface area contributed by atoms with Crippen LogP contribution in [0.25, 0.3) is 0 Å². The Kier molecular flexibility index (Phi) is 28.6. The number of phosphoric acid groups is 1. The number of carbonyl (C=O) groups excluding carboxylic acids is 2. The van der Waals surface area contributed by atoms with Crippen LogP contribution in [0.15, 0.2) is 48.6 Å². The van der Waals surface area contributed by atoms with E-state index in [0.29, 0.717) is 12.8 Å². The van der Waals surface area contributed by atoms with Gasteiger partial charge in [0.25, 0.3) is 0 Å². The molecule has 0 aliphatic carbocycles. The number of amides is 1. The van der Waals surface area contributed by atoms with Crippen LogP contribution >= 0.6 is 7.82 Å². The molecule has 0 aromatic carbocycles. The number of aliphatic hydroxyl groups excluding tert-OH is 1. The molecule has 0 aromatic rings. The van der Waals surface area contributed by atoms with Crippen LogP contribution in [0.1, 0.15) is 117 Å². The Labute approximate surface area is 260 Å². The predicted octanol–water partition coefficient (Wildman–Crippen LogP) is 7.65. The molecule has 0 saturated carbocycles. The number of esters is 1. The SMILES string of the molecule is CC/C=C\C/C=C\C/C=C\C/C=C\CCCCC(=O)OCC(O)COP(=O)(O)OCCNC(=O)CCCCCCCCC. The second-order valence-electron chi connectivity index (χ2n) is 10.4. The van der Waals surface area contributed by atoms with Crippen LogP contribution < -0.4 is 5.32 Å². The lowest BCUT2D eigenvalue weighted by Gasteiger charge is -2.15. The van der Waals surface area contributed by atoms with Crippen LogP contribution in [0, 0.1) is 0 Å². The lowest BCUT2D eigenvalue weighted by molar-refractivity contribution is -0.147. The standard InChI is InChI=1S/C33H58NO8P/c1-3-5-7-9-11-12-13-14-15-16-17-18-20-22-24-26-33(37)40-29-31(35)30-42-43(38,39)41-28-27-34-32(36)25-23-21-19-10-8-6-4-2/h5,7,11-12,14-15,17-18,31,35H,3-4,6,8-10,13,16,19-30H2,1-2H3,(H,34,36)(H,38,39)/b7-5-,12-11-,15-14-,18-17-. The molecule has 0 aromatic heterocycles. The number of ether oxygens (including phenoxy) is 1. The number of allylic oxidation sites excluding steroid dienone is 8. The van der Waals surface area contributed by atoms with Crippen molar-refractivity contribution in [1.82, 2.24) is 5.32 Å². The van der Waals surface area contributed by atoms with E-state index in [9.17, 15) is 24.2 Å². The molecule has 0 spiro atoms. The van der Waals surface area contributed by atoms with Crippen LogP contribution in [0.4, 0.5) is 0 Å². The average Bonchev–Trinajstić information content (AvgIpc) is 2.98. The molecule has 0 aliphatic rings. The second kappa shape index (κ2) is 30.0. The zero-order valence-corrected chi connectivity index (χ0v) is 27.5. The van der Waals surface area contributed by atoms with E-state index in [1.54, 1.807) is 0 Å². The smallest absolute Gasteiger partial charge is 0.463 e. The maximum atomic E-state index is 12.0. The first-order valence-electron chi connectivity index (χ1n) is 16.1. The Hall–Kier alpha value is -2.03. The summed E-state index contributed by atoms with van der Waals surface area (Å²) < 4.78 is 26.5. The fraction of sp³-hybridized carbons (Fsp3) is 0.697. The van der Waals surface area contributed by atoms with Gasteiger partial charge in [-0.25, -0.2) is 4.57 Å². The molecule has 0 saturated heterocycles. The van der Waals surface area contributed by atoms with Crippen LogP contribution in [-0.2, 0) is 27.9 Å². The van der Waals surface area contributed by atoms with E-state index in [1.807, 2.05) is 0 Å². The average molecular weight is 628 g/mol. The third-order valence-electron chi connectivity index (χ3n) is 6.27. The third kappa shape index (κ3) is 31.2. The lowest BCUT2D eigenvalue weighted by atomic mass is 10.1. The topological polar surface area (TPSA) is 131 Å². The fourth-order valence-electron chi connectivity index (χ4n) is 3.84. The van der Waals surface area contributed by atoms with Gasteiger partial charge < -0.3 is 20.1 Å². The van der Waals surface area contributed by atoms with Gasteiger partial charge in [0.2, 0.25) is 5.91 Å². The summed E-state index contributed by atoms with van der Waals surface area (Å²) in [7, 11) is -4.41. The van der Waals surface area contributed by atoms with Gasteiger partial charge >= 0.3 is 13.8 Å². The molecule has 3 N–H and O–H groups in total. The summed E-state index contributed by atoms with van der Waals surface area (Å²) in [6.07, 6.45) is 30.6. The molecule has 248 valence electrons. The molecule has 0 radical (unpaired) electrons. The molecule has 2 atom stereocenters. The maximum absolute atomic E-state index is 12.0. The van der Waals surface area contributed by atoms with Crippen molar-refractivity contribution in [3.05, 3.63) is 48.6 Å². The van der Waals surface area contributed by atoms with Gasteiger partial charge in [0.05, 0.1) is 13.2 Å². The first kappa shape index (κ1) is 41.0. The number of phosphoric ester groups is 1. The fourth-order valence-corrected chi connectivity index (χ4v) is 4.60. The minimum atomic E-state index is -4.41.